The van der Waals surface area contributed by atoms with Crippen molar-refractivity contribution in [2.75, 3.05) is 0 Å². The van der Waals surface area contributed by atoms with Gasteiger partial charge >= 0.3 is 6.36 Å². The molecule has 0 spiro atoms. The molecular formula is C18H17F3N2O3. The van der Waals surface area contributed by atoms with Gasteiger partial charge in [0.25, 0.3) is 5.91 Å². The average Bonchev–Trinajstić information content (AvgIpc) is 3.30. The third-order valence-electron chi connectivity index (χ3n) is 4.82. The van der Waals surface area contributed by atoms with Crippen LogP contribution in [0.2, 0.25) is 0 Å². The van der Waals surface area contributed by atoms with Crippen LogP contribution < -0.4 is 15.4 Å². The number of halogens is 3. The molecule has 5 nitrogen and oxygen atoms in total. The van der Waals surface area contributed by atoms with Crippen molar-refractivity contribution in [2.24, 2.45) is 0 Å². The summed E-state index contributed by atoms with van der Waals surface area (Å²) in [6, 6.07) is 9.38. The van der Waals surface area contributed by atoms with Crippen LogP contribution in [0.15, 0.2) is 40.8 Å². The van der Waals surface area contributed by atoms with E-state index >= 15 is 0 Å². The van der Waals surface area contributed by atoms with Gasteiger partial charge in [0.15, 0.2) is 5.76 Å². The first-order valence-electron chi connectivity index (χ1n) is 8.40. The van der Waals surface area contributed by atoms with Crippen molar-refractivity contribution in [2.45, 2.75) is 43.8 Å². The minimum Gasteiger partial charge on any atom is -0.451 e. The highest BCUT2D eigenvalue weighted by atomic mass is 19.4. The van der Waals surface area contributed by atoms with Crippen LogP contribution in [0.3, 0.4) is 0 Å². The van der Waals surface area contributed by atoms with E-state index in [0.29, 0.717) is 23.4 Å². The molecule has 26 heavy (non-hydrogen) atoms. The van der Waals surface area contributed by atoms with Gasteiger partial charge in [-0.05, 0) is 55.7 Å². The Morgan fingerprint density at radius 1 is 1.15 bits per heavy atom. The number of nitrogens with one attached hydrogen (secondary N) is 2. The predicted octanol–water partition coefficient (Wildman–Crippen LogP) is 3.47. The zero-order chi connectivity index (χ0) is 18.3. The Balaban J connectivity index is 1.41. The van der Waals surface area contributed by atoms with Crippen LogP contribution in [0.5, 0.6) is 5.75 Å². The van der Waals surface area contributed by atoms with Gasteiger partial charge in [0.2, 0.25) is 0 Å². The highest BCUT2D eigenvalue weighted by Crippen LogP contribution is 2.30. The van der Waals surface area contributed by atoms with Gasteiger partial charge in [0.05, 0.1) is 0 Å². The fraction of sp³-hybridized carbons (Fsp3) is 0.389. The quantitative estimate of drug-likeness (QED) is 0.870. The summed E-state index contributed by atoms with van der Waals surface area (Å²) in [4.78, 5) is 12.4. The van der Waals surface area contributed by atoms with E-state index < -0.39 is 6.36 Å². The Labute approximate surface area is 147 Å². The van der Waals surface area contributed by atoms with Crippen LogP contribution >= 0.6 is 0 Å². The lowest BCUT2D eigenvalue weighted by molar-refractivity contribution is -0.274. The fourth-order valence-electron chi connectivity index (χ4n) is 3.66. The molecule has 2 aliphatic rings. The summed E-state index contributed by atoms with van der Waals surface area (Å²) < 4.78 is 46.0. The van der Waals surface area contributed by atoms with Gasteiger partial charge in [-0.1, -0.05) is 0 Å². The second kappa shape index (κ2) is 6.35. The van der Waals surface area contributed by atoms with Crippen LogP contribution in [0.25, 0.3) is 11.3 Å². The molecule has 1 amide bonds. The molecule has 8 heteroatoms. The molecule has 2 saturated heterocycles. The third kappa shape index (κ3) is 3.55. The number of hydrogen-bond donors (Lipinski definition) is 2. The summed E-state index contributed by atoms with van der Waals surface area (Å²) in [6.07, 6.45) is -1.60. The lowest BCUT2D eigenvalue weighted by atomic mass is 9.95. The van der Waals surface area contributed by atoms with Crippen molar-refractivity contribution in [3.63, 3.8) is 0 Å². The number of rotatable bonds is 4. The number of fused-ring (bicyclic) bond motifs is 2. The van der Waals surface area contributed by atoms with E-state index in [1.165, 1.54) is 24.3 Å². The van der Waals surface area contributed by atoms with Crippen LogP contribution in [0, 0.1) is 0 Å². The van der Waals surface area contributed by atoms with Crippen molar-refractivity contribution in [3.05, 3.63) is 42.2 Å². The highest BCUT2D eigenvalue weighted by Gasteiger charge is 2.40. The summed E-state index contributed by atoms with van der Waals surface area (Å²) in [5.41, 5.74) is 0.556. The third-order valence-corrected chi connectivity index (χ3v) is 4.82. The second-order valence-corrected chi connectivity index (χ2v) is 6.60. The second-order valence-electron chi connectivity index (χ2n) is 6.60. The molecular weight excluding hydrogens is 349 g/mol. The van der Waals surface area contributed by atoms with E-state index in [9.17, 15) is 18.0 Å². The van der Waals surface area contributed by atoms with Gasteiger partial charge in [-0.3, -0.25) is 4.79 Å². The number of hydrogen-bond acceptors (Lipinski definition) is 4. The normalized spacial score (nSPS) is 24.7. The zero-order valence-corrected chi connectivity index (χ0v) is 13.7. The number of alkyl halides is 3. The summed E-state index contributed by atoms with van der Waals surface area (Å²) in [7, 11) is 0. The molecule has 2 N–H and O–H groups in total. The minimum atomic E-state index is -4.73. The standard InChI is InChI=1S/C18H17F3N2O3/c19-18(20,21)26-12-4-1-10(2-5-12)15-7-8-16(25-15)17(24)23-14-9-11-3-6-13(14)22-11/h1-2,4-5,7-8,11,13-14,22H,3,6,9H2,(H,23,24). The topological polar surface area (TPSA) is 63.5 Å². The van der Waals surface area contributed by atoms with Crippen molar-refractivity contribution >= 4 is 5.91 Å². The Kier molecular flexibility index (Phi) is 4.14. The number of ether oxygens (including phenoxy) is 1. The Bertz CT molecular complexity index is 801. The molecule has 2 aliphatic heterocycles. The number of carbonyl (C=O) groups excluding carboxylic acids is 1. The van der Waals surface area contributed by atoms with Crippen molar-refractivity contribution in [1.82, 2.24) is 10.6 Å². The van der Waals surface area contributed by atoms with Gasteiger partial charge < -0.3 is 19.8 Å². The van der Waals surface area contributed by atoms with Crippen molar-refractivity contribution < 1.29 is 27.1 Å². The van der Waals surface area contributed by atoms with Gasteiger partial charge in [0, 0.05) is 23.7 Å². The van der Waals surface area contributed by atoms with Gasteiger partial charge in [-0.15, -0.1) is 13.2 Å². The molecule has 0 radical (unpaired) electrons. The molecule has 2 bridgehead atoms. The molecule has 0 aliphatic carbocycles. The molecule has 3 heterocycles. The summed E-state index contributed by atoms with van der Waals surface area (Å²) in [5.74, 6) is -0.0136. The van der Waals surface area contributed by atoms with E-state index in [-0.39, 0.29) is 23.5 Å². The first-order chi connectivity index (χ1) is 12.4. The monoisotopic (exact) mass is 366 g/mol. The van der Waals surface area contributed by atoms with Crippen LogP contribution in [0.1, 0.15) is 29.8 Å². The molecule has 1 aromatic heterocycles. The zero-order valence-electron chi connectivity index (χ0n) is 13.7. The number of amides is 1. The van der Waals surface area contributed by atoms with E-state index in [0.717, 1.165) is 19.3 Å². The SMILES string of the molecule is O=C(NC1CC2CCC1N2)c1ccc(-c2ccc(OC(F)(F)F)cc2)o1. The molecule has 138 valence electrons. The van der Waals surface area contributed by atoms with Crippen LogP contribution in [-0.2, 0) is 0 Å². The Hall–Kier alpha value is -2.48. The molecule has 2 aromatic rings. The predicted molar refractivity (Wildman–Crippen MR) is 86.6 cm³/mol. The highest BCUT2D eigenvalue weighted by molar-refractivity contribution is 5.92. The summed E-state index contributed by atoms with van der Waals surface area (Å²) >= 11 is 0. The Morgan fingerprint density at radius 3 is 2.54 bits per heavy atom. The summed E-state index contributed by atoms with van der Waals surface area (Å²) in [5, 5.41) is 6.44. The van der Waals surface area contributed by atoms with E-state index in [2.05, 4.69) is 15.4 Å². The maximum atomic E-state index is 12.4. The first kappa shape index (κ1) is 17.0. The molecule has 0 saturated carbocycles. The van der Waals surface area contributed by atoms with E-state index in [1.54, 1.807) is 12.1 Å². The molecule has 1 aromatic carbocycles. The molecule has 3 atom stereocenters. The van der Waals surface area contributed by atoms with Crippen molar-refractivity contribution in [1.29, 1.82) is 0 Å². The number of carbonyl (C=O) groups is 1. The van der Waals surface area contributed by atoms with E-state index in [1.807, 2.05) is 0 Å². The average molecular weight is 366 g/mol. The largest absolute Gasteiger partial charge is 0.573 e. The minimum absolute atomic E-state index is 0.105. The number of furan rings is 1. The van der Waals surface area contributed by atoms with Gasteiger partial charge in [0.1, 0.15) is 11.5 Å². The maximum Gasteiger partial charge on any atom is 0.573 e. The van der Waals surface area contributed by atoms with E-state index in [4.69, 9.17) is 4.42 Å². The number of benzene rings is 1. The summed E-state index contributed by atoms with van der Waals surface area (Å²) in [6.45, 7) is 0. The smallest absolute Gasteiger partial charge is 0.451 e. The lowest BCUT2D eigenvalue weighted by Gasteiger charge is -2.20. The first-order valence-corrected chi connectivity index (χ1v) is 8.40. The van der Waals surface area contributed by atoms with Crippen LogP contribution in [0.4, 0.5) is 13.2 Å². The Morgan fingerprint density at radius 2 is 1.92 bits per heavy atom. The van der Waals surface area contributed by atoms with Crippen LogP contribution in [-0.4, -0.2) is 30.4 Å². The van der Waals surface area contributed by atoms with Crippen molar-refractivity contribution in [3.8, 4) is 17.1 Å². The van der Waals surface area contributed by atoms with Gasteiger partial charge in [-0.2, -0.15) is 0 Å². The molecule has 4 rings (SSSR count). The lowest BCUT2D eigenvalue weighted by Crippen LogP contribution is -2.42. The molecule has 3 unspecified atom stereocenters. The maximum absolute atomic E-state index is 12.4. The van der Waals surface area contributed by atoms with Gasteiger partial charge in [-0.25, -0.2) is 0 Å². The molecule has 2 fully saturated rings. The fourth-order valence-corrected chi connectivity index (χ4v) is 3.66.